The summed E-state index contributed by atoms with van der Waals surface area (Å²) in [5.74, 6) is -2.84. The molecular weight excluding hydrogens is 550 g/mol. The summed E-state index contributed by atoms with van der Waals surface area (Å²) in [6.45, 7) is 5.40. The number of carbonyl (C=O) groups excluding carboxylic acids is 5. The van der Waals surface area contributed by atoms with Crippen molar-refractivity contribution in [2.75, 3.05) is 22.1 Å². The summed E-state index contributed by atoms with van der Waals surface area (Å²) in [6, 6.07) is 18.3. The van der Waals surface area contributed by atoms with Crippen molar-refractivity contribution in [2.24, 2.45) is 0 Å². The van der Waals surface area contributed by atoms with Crippen molar-refractivity contribution >= 4 is 58.3 Å². The third-order valence-electron chi connectivity index (χ3n) is 5.78. The van der Waals surface area contributed by atoms with Crippen LogP contribution in [0.15, 0.2) is 83.5 Å². The van der Waals surface area contributed by atoms with E-state index in [1.54, 1.807) is 51.1 Å². The molecule has 4 rings (SSSR count). The van der Waals surface area contributed by atoms with Gasteiger partial charge in [0.05, 0.1) is 29.5 Å². The Balaban J connectivity index is 1.42. The fourth-order valence-corrected chi connectivity index (χ4v) is 4.08. The summed E-state index contributed by atoms with van der Waals surface area (Å²) < 4.78 is 10.1. The van der Waals surface area contributed by atoms with E-state index in [1.165, 1.54) is 42.5 Å². The van der Waals surface area contributed by atoms with Crippen LogP contribution in [0.4, 0.5) is 17.1 Å². The number of rotatable bonds is 9. The molecule has 1 aliphatic rings. The van der Waals surface area contributed by atoms with Gasteiger partial charge in [-0.25, -0.2) is 14.5 Å². The molecule has 0 saturated carbocycles. The number of halogens is 1. The Hall–Kier alpha value is -4.96. The number of ether oxygens (including phenoxy) is 2. The largest absolute Gasteiger partial charge is 0.462 e. The summed E-state index contributed by atoms with van der Waals surface area (Å²) >= 11 is 6.22. The molecular formula is C30H26ClN3O7. The van der Waals surface area contributed by atoms with Crippen LogP contribution in [0.25, 0.3) is 0 Å². The molecule has 0 saturated heterocycles. The van der Waals surface area contributed by atoms with E-state index in [4.69, 9.17) is 21.1 Å². The minimum atomic E-state index is -0.724. The fourth-order valence-electron chi connectivity index (χ4n) is 3.87. The highest BCUT2D eigenvalue weighted by atomic mass is 35.5. The van der Waals surface area contributed by atoms with Crippen LogP contribution in [-0.4, -0.2) is 42.4 Å². The molecule has 10 nitrogen and oxygen atoms in total. The number of carbonyl (C=O) groups is 5. The number of nitrogens with one attached hydrogen (secondary N) is 2. The first-order chi connectivity index (χ1) is 19.6. The Labute approximate surface area is 240 Å². The maximum Gasteiger partial charge on any atom is 0.338 e. The Bertz CT molecular complexity index is 1550. The first-order valence-electron chi connectivity index (χ1n) is 12.6. The van der Waals surface area contributed by atoms with E-state index >= 15 is 0 Å². The Morgan fingerprint density at radius 2 is 1.49 bits per heavy atom. The van der Waals surface area contributed by atoms with Crippen LogP contribution < -0.4 is 15.5 Å². The monoisotopic (exact) mass is 575 g/mol. The van der Waals surface area contributed by atoms with Crippen molar-refractivity contribution in [3.05, 3.63) is 100 Å². The zero-order valence-corrected chi connectivity index (χ0v) is 23.2. The van der Waals surface area contributed by atoms with Gasteiger partial charge in [-0.2, -0.15) is 0 Å². The molecule has 0 bridgehead atoms. The quantitative estimate of drug-likeness (QED) is 0.266. The number of hydrogen-bond acceptors (Lipinski definition) is 8. The van der Waals surface area contributed by atoms with Gasteiger partial charge in [0.2, 0.25) is 0 Å². The minimum absolute atomic E-state index is 0.132. The molecule has 0 atom stereocenters. The van der Waals surface area contributed by atoms with Crippen LogP contribution in [0.3, 0.4) is 0 Å². The van der Waals surface area contributed by atoms with Gasteiger partial charge in [-0.1, -0.05) is 17.7 Å². The summed E-state index contributed by atoms with van der Waals surface area (Å²) in [5, 5.41) is 5.26. The molecule has 2 N–H and O–H groups in total. The van der Waals surface area contributed by atoms with Crippen LogP contribution in [-0.2, 0) is 19.1 Å². The lowest BCUT2D eigenvalue weighted by Crippen LogP contribution is -2.32. The molecule has 210 valence electrons. The number of amides is 3. The molecule has 0 radical (unpaired) electrons. The molecule has 1 heterocycles. The van der Waals surface area contributed by atoms with E-state index in [0.717, 1.165) is 4.90 Å². The minimum Gasteiger partial charge on any atom is -0.462 e. The second kappa shape index (κ2) is 12.5. The maximum absolute atomic E-state index is 13.1. The summed E-state index contributed by atoms with van der Waals surface area (Å²) in [6.07, 6.45) is -0.293. The molecule has 3 aromatic rings. The highest BCUT2D eigenvalue weighted by Crippen LogP contribution is 2.30. The molecule has 1 aliphatic heterocycles. The van der Waals surface area contributed by atoms with Crippen LogP contribution >= 0.6 is 11.6 Å². The molecule has 0 fully saturated rings. The zero-order valence-electron chi connectivity index (χ0n) is 22.4. The van der Waals surface area contributed by atoms with Crippen molar-refractivity contribution in [1.29, 1.82) is 0 Å². The predicted octanol–water partition coefficient (Wildman–Crippen LogP) is 5.12. The molecule has 41 heavy (non-hydrogen) atoms. The van der Waals surface area contributed by atoms with Crippen LogP contribution in [0.1, 0.15) is 51.8 Å². The number of imide groups is 1. The molecule has 0 aromatic heterocycles. The third kappa shape index (κ3) is 6.62. The van der Waals surface area contributed by atoms with Gasteiger partial charge < -0.3 is 20.1 Å². The number of nitrogens with zero attached hydrogens (tertiary/aromatic N) is 1. The molecule has 0 unspecified atom stereocenters. The predicted molar refractivity (Wildman–Crippen MR) is 153 cm³/mol. The lowest BCUT2D eigenvalue weighted by atomic mass is 10.1. The molecule has 11 heteroatoms. The van der Waals surface area contributed by atoms with Gasteiger partial charge in [-0.3, -0.25) is 14.4 Å². The lowest BCUT2D eigenvalue weighted by Gasteiger charge is -2.16. The number of esters is 2. The molecule has 3 aromatic carbocycles. The van der Waals surface area contributed by atoms with Gasteiger partial charge >= 0.3 is 11.9 Å². The van der Waals surface area contributed by atoms with E-state index in [0.29, 0.717) is 22.5 Å². The van der Waals surface area contributed by atoms with Crippen molar-refractivity contribution in [2.45, 2.75) is 26.9 Å². The van der Waals surface area contributed by atoms with E-state index in [2.05, 4.69) is 10.6 Å². The smallest absolute Gasteiger partial charge is 0.338 e. The van der Waals surface area contributed by atoms with Gasteiger partial charge in [0.15, 0.2) is 0 Å². The standard InChI is InChI=1S/C30H26ClN3O7/c1-4-40-29(38)20-6-5-7-22(16-20)33-26(35)18-8-12-21(13-9-18)32-25-24(31)27(36)34(28(25)37)23-14-10-19(11-15-23)30(39)41-17(2)3/h5-17,32H,4H2,1-3H3,(H,33,35). The summed E-state index contributed by atoms with van der Waals surface area (Å²) in [4.78, 5) is 63.6. The Morgan fingerprint density at radius 1 is 0.829 bits per heavy atom. The van der Waals surface area contributed by atoms with E-state index in [-0.39, 0.29) is 34.7 Å². The van der Waals surface area contributed by atoms with Gasteiger partial charge in [0.1, 0.15) is 10.7 Å². The van der Waals surface area contributed by atoms with Crippen LogP contribution in [0.5, 0.6) is 0 Å². The molecule has 0 spiro atoms. The SMILES string of the molecule is CCOC(=O)c1cccc(NC(=O)c2ccc(NC3=C(Cl)C(=O)N(c4ccc(C(=O)OC(C)C)cc4)C3=O)cc2)c1. The highest BCUT2D eigenvalue weighted by Gasteiger charge is 2.39. The fraction of sp³-hybridized carbons (Fsp3) is 0.167. The first kappa shape index (κ1) is 29.0. The number of benzene rings is 3. The van der Waals surface area contributed by atoms with Gasteiger partial charge in [-0.15, -0.1) is 0 Å². The molecule has 0 aliphatic carbocycles. The lowest BCUT2D eigenvalue weighted by molar-refractivity contribution is -0.120. The van der Waals surface area contributed by atoms with Crippen molar-refractivity contribution in [1.82, 2.24) is 0 Å². The number of anilines is 3. The van der Waals surface area contributed by atoms with Gasteiger partial charge in [0.25, 0.3) is 17.7 Å². The van der Waals surface area contributed by atoms with E-state index in [1.807, 2.05) is 0 Å². The third-order valence-corrected chi connectivity index (χ3v) is 6.13. The second-order valence-electron chi connectivity index (χ2n) is 9.09. The highest BCUT2D eigenvalue weighted by molar-refractivity contribution is 6.53. The second-order valence-corrected chi connectivity index (χ2v) is 9.47. The Kier molecular flexibility index (Phi) is 8.84. The van der Waals surface area contributed by atoms with Crippen LogP contribution in [0, 0.1) is 0 Å². The first-order valence-corrected chi connectivity index (χ1v) is 13.0. The van der Waals surface area contributed by atoms with E-state index in [9.17, 15) is 24.0 Å². The molecule has 3 amide bonds. The average molecular weight is 576 g/mol. The van der Waals surface area contributed by atoms with Gasteiger partial charge in [0, 0.05) is 16.9 Å². The zero-order chi connectivity index (χ0) is 29.7. The van der Waals surface area contributed by atoms with Gasteiger partial charge in [-0.05, 0) is 87.5 Å². The van der Waals surface area contributed by atoms with Crippen LogP contribution in [0.2, 0.25) is 0 Å². The summed E-state index contributed by atoms with van der Waals surface area (Å²) in [5.41, 5.74) is 1.82. The average Bonchev–Trinajstić information content (AvgIpc) is 3.16. The van der Waals surface area contributed by atoms with Crippen molar-refractivity contribution in [3.63, 3.8) is 0 Å². The van der Waals surface area contributed by atoms with Crippen molar-refractivity contribution in [3.8, 4) is 0 Å². The maximum atomic E-state index is 13.1. The van der Waals surface area contributed by atoms with Crippen molar-refractivity contribution < 1.29 is 33.4 Å². The number of hydrogen-bond donors (Lipinski definition) is 2. The normalized spacial score (nSPS) is 13.0. The topological polar surface area (TPSA) is 131 Å². The van der Waals surface area contributed by atoms with E-state index < -0.39 is 29.7 Å². The Morgan fingerprint density at radius 3 is 2.12 bits per heavy atom. The summed E-state index contributed by atoms with van der Waals surface area (Å²) in [7, 11) is 0.